The maximum absolute atomic E-state index is 12.0. The number of carbonyl (C=O) groups excluding carboxylic acids is 1. The van der Waals surface area contributed by atoms with Gasteiger partial charge in [0.15, 0.2) is 0 Å². The highest BCUT2D eigenvalue weighted by atomic mass is 32.2. The van der Waals surface area contributed by atoms with Crippen molar-refractivity contribution < 1.29 is 18.3 Å². The van der Waals surface area contributed by atoms with Gasteiger partial charge in [0.1, 0.15) is 5.75 Å². The predicted molar refractivity (Wildman–Crippen MR) is 137 cm³/mol. The fourth-order valence-corrected chi connectivity index (χ4v) is 4.41. The summed E-state index contributed by atoms with van der Waals surface area (Å²) < 4.78 is 24.5. The number of anilines is 1. The number of hydrogen-bond acceptors (Lipinski definition) is 6. The zero-order valence-electron chi connectivity index (χ0n) is 19.4. The molecule has 0 saturated carbocycles. The van der Waals surface area contributed by atoms with Crippen molar-refractivity contribution in [1.29, 1.82) is 0 Å². The number of sulfonamides is 1. The molecule has 7 nitrogen and oxygen atoms in total. The van der Waals surface area contributed by atoms with Crippen molar-refractivity contribution in [3.8, 4) is 17.6 Å². The van der Waals surface area contributed by atoms with E-state index in [-0.39, 0.29) is 5.75 Å². The number of benzene rings is 3. The molecule has 1 amide bonds. The van der Waals surface area contributed by atoms with Crippen LogP contribution in [0.3, 0.4) is 0 Å². The molecule has 0 unspecified atom stereocenters. The highest BCUT2D eigenvalue weighted by molar-refractivity contribution is 7.89. The lowest BCUT2D eigenvalue weighted by atomic mass is 10.1. The average molecular weight is 490 g/mol. The zero-order valence-corrected chi connectivity index (χ0v) is 20.3. The number of amides is 1. The first kappa shape index (κ1) is 24.3. The number of hydrogen-bond donors (Lipinski definition) is 2. The van der Waals surface area contributed by atoms with Crippen molar-refractivity contribution in [2.75, 3.05) is 37.3 Å². The molecular weight excluding hydrogens is 462 g/mol. The summed E-state index contributed by atoms with van der Waals surface area (Å²) in [4.78, 5) is 16.6. The Morgan fingerprint density at radius 1 is 0.943 bits per heavy atom. The molecule has 3 aromatic rings. The van der Waals surface area contributed by atoms with Crippen LogP contribution in [0.2, 0.25) is 0 Å². The minimum absolute atomic E-state index is 0.203. The fraction of sp³-hybridized carbons (Fsp3) is 0.222. The Bertz CT molecular complexity index is 1370. The van der Waals surface area contributed by atoms with Crippen molar-refractivity contribution in [3.63, 3.8) is 0 Å². The van der Waals surface area contributed by atoms with E-state index in [0.29, 0.717) is 5.56 Å². The Morgan fingerprint density at radius 2 is 1.66 bits per heavy atom. The summed E-state index contributed by atoms with van der Waals surface area (Å²) in [5.41, 5.74) is 4.21. The van der Waals surface area contributed by atoms with E-state index in [2.05, 4.69) is 27.7 Å². The number of piperazine rings is 1. The quantitative estimate of drug-likeness (QED) is 0.536. The molecule has 0 radical (unpaired) electrons. The van der Waals surface area contributed by atoms with Crippen LogP contribution in [0.15, 0.2) is 72.8 Å². The van der Waals surface area contributed by atoms with Crippen LogP contribution in [-0.2, 0) is 16.6 Å². The molecule has 0 spiro atoms. The lowest BCUT2D eigenvalue weighted by molar-refractivity contribution is 0.0981. The van der Waals surface area contributed by atoms with Crippen LogP contribution in [0.5, 0.6) is 5.75 Å². The SMILES string of the molecule is CS(=O)(=O)NC(=O)c1ccc(N2CCN(Cc3ccccc3C#Cc3cccc(O)c3)CC2)cc1. The molecule has 0 atom stereocenters. The number of carbonyl (C=O) groups is 1. The van der Waals surface area contributed by atoms with Gasteiger partial charge in [0.05, 0.1) is 6.26 Å². The van der Waals surface area contributed by atoms with E-state index < -0.39 is 15.9 Å². The highest BCUT2D eigenvalue weighted by Crippen LogP contribution is 2.19. The van der Waals surface area contributed by atoms with Crippen molar-refractivity contribution >= 4 is 21.6 Å². The van der Waals surface area contributed by atoms with Crippen molar-refractivity contribution in [2.45, 2.75) is 6.54 Å². The molecule has 2 N–H and O–H groups in total. The monoisotopic (exact) mass is 489 g/mol. The maximum Gasteiger partial charge on any atom is 0.264 e. The van der Waals surface area contributed by atoms with E-state index in [0.717, 1.165) is 61.4 Å². The van der Waals surface area contributed by atoms with Gasteiger partial charge in [0, 0.05) is 55.1 Å². The third kappa shape index (κ3) is 6.85. The number of phenolic OH excluding ortho intramolecular Hbond substituents is 1. The summed E-state index contributed by atoms with van der Waals surface area (Å²) in [6.45, 7) is 4.23. The maximum atomic E-state index is 12.0. The number of aromatic hydroxyl groups is 1. The van der Waals surface area contributed by atoms with Crippen molar-refractivity contribution in [2.24, 2.45) is 0 Å². The Kier molecular flexibility index (Phi) is 7.39. The van der Waals surface area contributed by atoms with Crippen LogP contribution in [0.1, 0.15) is 27.0 Å². The Hall–Kier alpha value is -3.80. The van der Waals surface area contributed by atoms with Gasteiger partial charge in [-0.2, -0.15) is 0 Å². The molecule has 1 aliphatic rings. The lowest BCUT2D eigenvalue weighted by Crippen LogP contribution is -2.46. The average Bonchev–Trinajstić information content (AvgIpc) is 2.83. The normalized spacial score (nSPS) is 14.1. The zero-order chi connectivity index (χ0) is 24.8. The molecule has 1 saturated heterocycles. The Labute approximate surface area is 206 Å². The molecule has 1 fully saturated rings. The van der Waals surface area contributed by atoms with Gasteiger partial charge in [0.2, 0.25) is 10.0 Å². The van der Waals surface area contributed by atoms with Gasteiger partial charge in [0.25, 0.3) is 5.91 Å². The van der Waals surface area contributed by atoms with E-state index in [1.807, 2.05) is 41.1 Å². The minimum atomic E-state index is -3.59. The molecule has 3 aromatic carbocycles. The van der Waals surface area contributed by atoms with E-state index in [4.69, 9.17) is 0 Å². The molecule has 8 heteroatoms. The van der Waals surface area contributed by atoms with Crippen LogP contribution in [-0.4, -0.2) is 56.8 Å². The molecular formula is C27H27N3O4S. The summed E-state index contributed by atoms with van der Waals surface area (Å²) in [5.74, 6) is 5.95. The standard InChI is InChI=1S/C27H27N3O4S/c1-35(33,34)28-27(32)23-11-13-25(14-12-23)30-17-15-29(16-18-30)20-24-7-3-2-6-22(24)10-9-21-5-4-8-26(31)19-21/h2-8,11-14,19,31H,15-18,20H2,1H3,(H,28,32). The molecule has 1 heterocycles. The van der Waals surface area contributed by atoms with E-state index in [9.17, 15) is 18.3 Å². The fourth-order valence-electron chi connectivity index (χ4n) is 3.96. The Morgan fingerprint density at radius 3 is 2.34 bits per heavy atom. The second-order valence-electron chi connectivity index (χ2n) is 8.47. The molecule has 35 heavy (non-hydrogen) atoms. The first-order valence-corrected chi connectivity index (χ1v) is 13.1. The van der Waals surface area contributed by atoms with E-state index >= 15 is 0 Å². The Balaban J connectivity index is 1.36. The van der Waals surface area contributed by atoms with Gasteiger partial charge in [-0.25, -0.2) is 13.1 Å². The van der Waals surface area contributed by atoms with Gasteiger partial charge in [-0.15, -0.1) is 0 Å². The van der Waals surface area contributed by atoms with E-state index in [1.165, 1.54) is 0 Å². The number of rotatable bonds is 5. The molecule has 4 rings (SSSR count). The van der Waals surface area contributed by atoms with E-state index in [1.54, 1.807) is 30.3 Å². The lowest BCUT2D eigenvalue weighted by Gasteiger charge is -2.36. The van der Waals surface area contributed by atoms with Crippen molar-refractivity contribution in [1.82, 2.24) is 9.62 Å². The molecule has 180 valence electrons. The third-order valence-corrected chi connectivity index (χ3v) is 6.30. The van der Waals surface area contributed by atoms with Crippen LogP contribution < -0.4 is 9.62 Å². The smallest absolute Gasteiger partial charge is 0.264 e. The van der Waals surface area contributed by atoms with Crippen LogP contribution >= 0.6 is 0 Å². The molecule has 0 aromatic heterocycles. The summed E-state index contributed by atoms with van der Waals surface area (Å²) in [5, 5.41) is 9.65. The van der Waals surface area contributed by atoms with Gasteiger partial charge < -0.3 is 10.0 Å². The second kappa shape index (κ2) is 10.6. The van der Waals surface area contributed by atoms with Crippen LogP contribution in [0, 0.1) is 11.8 Å². The summed E-state index contributed by atoms with van der Waals surface area (Å²) in [6.07, 6.45) is 0.957. The predicted octanol–water partition coefficient (Wildman–Crippen LogP) is 2.80. The van der Waals surface area contributed by atoms with Gasteiger partial charge in [-0.05, 0) is 54.1 Å². The minimum Gasteiger partial charge on any atom is -0.508 e. The number of phenols is 1. The van der Waals surface area contributed by atoms with Crippen LogP contribution in [0.4, 0.5) is 5.69 Å². The van der Waals surface area contributed by atoms with Gasteiger partial charge >= 0.3 is 0 Å². The second-order valence-corrected chi connectivity index (χ2v) is 10.2. The topological polar surface area (TPSA) is 90.0 Å². The van der Waals surface area contributed by atoms with Gasteiger partial charge in [-0.3, -0.25) is 9.69 Å². The summed E-state index contributed by atoms with van der Waals surface area (Å²) >= 11 is 0. The summed E-state index contributed by atoms with van der Waals surface area (Å²) in [6, 6.07) is 22.0. The van der Waals surface area contributed by atoms with Gasteiger partial charge in [-0.1, -0.05) is 36.1 Å². The molecule has 1 aliphatic heterocycles. The largest absolute Gasteiger partial charge is 0.508 e. The number of nitrogens with zero attached hydrogens (tertiary/aromatic N) is 2. The third-order valence-electron chi connectivity index (χ3n) is 5.74. The van der Waals surface area contributed by atoms with Crippen molar-refractivity contribution in [3.05, 3.63) is 95.1 Å². The first-order chi connectivity index (χ1) is 16.8. The molecule has 0 bridgehead atoms. The number of nitrogens with one attached hydrogen (secondary N) is 1. The highest BCUT2D eigenvalue weighted by Gasteiger charge is 2.19. The first-order valence-electron chi connectivity index (χ1n) is 11.3. The molecule has 0 aliphatic carbocycles. The van der Waals surface area contributed by atoms with Crippen LogP contribution in [0.25, 0.3) is 0 Å². The summed E-state index contributed by atoms with van der Waals surface area (Å²) in [7, 11) is -3.59.